The third-order valence-corrected chi connectivity index (χ3v) is 3.46. The molecule has 2 heterocycles. The van der Waals surface area contributed by atoms with Gasteiger partial charge in [-0.05, 0) is 41.3 Å². The molecule has 1 atom stereocenters. The maximum Gasteiger partial charge on any atom is 0.161 e. The summed E-state index contributed by atoms with van der Waals surface area (Å²) in [5.74, 6) is 1.57. The SMILES string of the molecule is C=C1C(=C)C(C)OCc2cc3c(cc21)OCCO3. The molecule has 2 aliphatic rings. The van der Waals surface area contributed by atoms with E-state index in [1.165, 1.54) is 0 Å². The number of rotatable bonds is 0. The molecular formula is C15H16O3. The van der Waals surface area contributed by atoms with E-state index in [9.17, 15) is 0 Å². The Morgan fingerprint density at radius 3 is 2.50 bits per heavy atom. The Morgan fingerprint density at radius 1 is 1.11 bits per heavy atom. The van der Waals surface area contributed by atoms with Gasteiger partial charge in [0.15, 0.2) is 11.5 Å². The van der Waals surface area contributed by atoms with Crippen LogP contribution in [0.4, 0.5) is 0 Å². The highest BCUT2D eigenvalue weighted by molar-refractivity contribution is 5.81. The Kier molecular flexibility index (Phi) is 2.63. The van der Waals surface area contributed by atoms with Crippen LogP contribution >= 0.6 is 0 Å². The molecule has 1 unspecified atom stereocenters. The molecule has 0 spiro atoms. The zero-order valence-corrected chi connectivity index (χ0v) is 10.5. The van der Waals surface area contributed by atoms with Crippen LogP contribution in [0.15, 0.2) is 30.9 Å². The van der Waals surface area contributed by atoms with Crippen LogP contribution < -0.4 is 9.47 Å². The maximum absolute atomic E-state index is 5.75. The van der Waals surface area contributed by atoms with Gasteiger partial charge < -0.3 is 14.2 Å². The van der Waals surface area contributed by atoms with Crippen molar-refractivity contribution in [2.75, 3.05) is 13.2 Å². The van der Waals surface area contributed by atoms with E-state index in [1.807, 2.05) is 19.1 Å². The highest BCUT2D eigenvalue weighted by Gasteiger charge is 2.23. The zero-order chi connectivity index (χ0) is 12.7. The summed E-state index contributed by atoms with van der Waals surface area (Å²) in [5.41, 5.74) is 3.97. The van der Waals surface area contributed by atoms with Crippen molar-refractivity contribution in [1.29, 1.82) is 0 Å². The minimum Gasteiger partial charge on any atom is -0.486 e. The van der Waals surface area contributed by atoms with Crippen LogP contribution in [-0.2, 0) is 11.3 Å². The zero-order valence-electron chi connectivity index (χ0n) is 10.5. The molecule has 0 bridgehead atoms. The third kappa shape index (κ3) is 1.71. The molecule has 0 aliphatic carbocycles. The van der Waals surface area contributed by atoms with Gasteiger partial charge in [0.2, 0.25) is 0 Å². The summed E-state index contributed by atoms with van der Waals surface area (Å²) in [6.07, 6.45) is -0.0104. The predicted molar refractivity (Wildman–Crippen MR) is 69.9 cm³/mol. The largest absolute Gasteiger partial charge is 0.486 e. The predicted octanol–water partition coefficient (Wildman–Crippen LogP) is 2.95. The van der Waals surface area contributed by atoms with Gasteiger partial charge in [-0.15, -0.1) is 0 Å². The van der Waals surface area contributed by atoms with Gasteiger partial charge in [-0.2, -0.15) is 0 Å². The topological polar surface area (TPSA) is 27.7 Å². The van der Waals surface area contributed by atoms with Crippen molar-refractivity contribution in [3.8, 4) is 11.5 Å². The first kappa shape index (κ1) is 11.4. The number of hydrogen-bond donors (Lipinski definition) is 0. The lowest BCUT2D eigenvalue weighted by Gasteiger charge is -2.20. The Hall–Kier alpha value is -1.74. The van der Waals surface area contributed by atoms with Crippen molar-refractivity contribution < 1.29 is 14.2 Å². The molecule has 2 aliphatic heterocycles. The number of hydrogen-bond acceptors (Lipinski definition) is 3. The second kappa shape index (κ2) is 4.18. The molecule has 3 heteroatoms. The summed E-state index contributed by atoms with van der Waals surface area (Å²) in [7, 11) is 0. The summed E-state index contributed by atoms with van der Waals surface area (Å²) >= 11 is 0. The normalized spacial score (nSPS) is 22.4. The molecule has 0 N–H and O–H groups in total. The Labute approximate surface area is 107 Å². The number of ether oxygens (including phenoxy) is 3. The van der Waals surface area contributed by atoms with E-state index in [1.54, 1.807) is 0 Å². The summed E-state index contributed by atoms with van der Waals surface area (Å²) < 4.78 is 16.9. The van der Waals surface area contributed by atoms with Crippen LogP contribution in [0.25, 0.3) is 5.57 Å². The third-order valence-electron chi connectivity index (χ3n) is 3.46. The second-order valence-corrected chi connectivity index (χ2v) is 4.61. The van der Waals surface area contributed by atoms with Crippen LogP contribution in [-0.4, -0.2) is 19.3 Å². The van der Waals surface area contributed by atoms with E-state index in [0.717, 1.165) is 33.8 Å². The molecule has 3 nitrogen and oxygen atoms in total. The van der Waals surface area contributed by atoms with Crippen molar-refractivity contribution in [2.45, 2.75) is 19.6 Å². The van der Waals surface area contributed by atoms with Crippen molar-refractivity contribution in [3.63, 3.8) is 0 Å². The average molecular weight is 244 g/mol. The summed E-state index contributed by atoms with van der Waals surface area (Å²) in [6, 6.07) is 3.97. The van der Waals surface area contributed by atoms with Crippen molar-refractivity contribution in [2.24, 2.45) is 0 Å². The van der Waals surface area contributed by atoms with Crippen molar-refractivity contribution >= 4 is 5.57 Å². The molecule has 0 amide bonds. The Morgan fingerprint density at radius 2 is 1.78 bits per heavy atom. The fourth-order valence-corrected chi connectivity index (χ4v) is 2.26. The fourth-order valence-electron chi connectivity index (χ4n) is 2.26. The standard InChI is InChI=1S/C15H16O3/c1-9-10(2)13-7-15-14(16-4-5-17-15)6-12(13)8-18-11(9)3/h6-7,11H,1-2,4-5,8H2,3H3. The molecular weight excluding hydrogens is 228 g/mol. The lowest BCUT2D eigenvalue weighted by Crippen LogP contribution is -2.16. The van der Waals surface area contributed by atoms with Crippen LogP contribution in [0.2, 0.25) is 0 Å². The smallest absolute Gasteiger partial charge is 0.161 e. The lowest BCUT2D eigenvalue weighted by atomic mass is 9.94. The maximum atomic E-state index is 5.75. The molecule has 3 rings (SSSR count). The molecule has 94 valence electrons. The molecule has 0 aromatic heterocycles. The molecule has 18 heavy (non-hydrogen) atoms. The van der Waals surface area contributed by atoms with E-state index < -0.39 is 0 Å². The number of benzene rings is 1. The van der Waals surface area contributed by atoms with Gasteiger partial charge in [-0.3, -0.25) is 0 Å². The highest BCUT2D eigenvalue weighted by Crippen LogP contribution is 2.39. The van der Waals surface area contributed by atoms with Crippen molar-refractivity contribution in [3.05, 3.63) is 42.0 Å². The molecule has 0 radical (unpaired) electrons. The highest BCUT2D eigenvalue weighted by atomic mass is 16.6. The van der Waals surface area contributed by atoms with Gasteiger partial charge >= 0.3 is 0 Å². The van der Waals surface area contributed by atoms with Gasteiger partial charge in [0.05, 0.1) is 12.7 Å². The monoisotopic (exact) mass is 244 g/mol. The van der Waals surface area contributed by atoms with E-state index in [2.05, 4.69) is 13.2 Å². The van der Waals surface area contributed by atoms with Crippen molar-refractivity contribution in [1.82, 2.24) is 0 Å². The first-order valence-electron chi connectivity index (χ1n) is 6.09. The van der Waals surface area contributed by atoms with E-state index >= 15 is 0 Å². The van der Waals surface area contributed by atoms with Gasteiger partial charge in [0, 0.05) is 0 Å². The minimum absolute atomic E-state index is 0.0104. The van der Waals surface area contributed by atoms with E-state index in [-0.39, 0.29) is 6.10 Å². The summed E-state index contributed by atoms with van der Waals surface area (Å²) in [4.78, 5) is 0. The van der Waals surface area contributed by atoms with E-state index in [4.69, 9.17) is 14.2 Å². The molecule has 1 aromatic rings. The quantitative estimate of drug-likeness (QED) is 0.702. The van der Waals surface area contributed by atoms with Crippen LogP contribution in [0.5, 0.6) is 11.5 Å². The Bertz CT molecular complexity index is 531. The minimum atomic E-state index is -0.0104. The van der Waals surface area contributed by atoms with Gasteiger partial charge in [0.25, 0.3) is 0 Å². The average Bonchev–Trinajstić information content (AvgIpc) is 2.50. The second-order valence-electron chi connectivity index (χ2n) is 4.61. The van der Waals surface area contributed by atoms with Gasteiger partial charge in [-0.1, -0.05) is 13.2 Å². The van der Waals surface area contributed by atoms with E-state index in [0.29, 0.717) is 19.8 Å². The van der Waals surface area contributed by atoms with Crippen LogP contribution in [0, 0.1) is 0 Å². The fraction of sp³-hybridized carbons (Fsp3) is 0.333. The molecule has 0 saturated carbocycles. The summed E-state index contributed by atoms with van der Waals surface area (Å²) in [6.45, 7) is 11.9. The van der Waals surface area contributed by atoms with Gasteiger partial charge in [0.1, 0.15) is 13.2 Å². The van der Waals surface area contributed by atoms with Crippen LogP contribution in [0.1, 0.15) is 18.1 Å². The first-order chi connectivity index (χ1) is 8.66. The molecule has 0 fully saturated rings. The molecule has 0 saturated heterocycles. The molecule has 1 aromatic carbocycles. The lowest BCUT2D eigenvalue weighted by molar-refractivity contribution is 0.0816. The Balaban J connectivity index is 2.11. The first-order valence-corrected chi connectivity index (χ1v) is 6.09. The summed E-state index contributed by atoms with van der Waals surface area (Å²) in [5, 5.41) is 0. The number of fused-ring (bicyclic) bond motifs is 2. The van der Waals surface area contributed by atoms with Crippen LogP contribution in [0.3, 0.4) is 0 Å². The van der Waals surface area contributed by atoms with Gasteiger partial charge in [-0.25, -0.2) is 0 Å².